The maximum atomic E-state index is 14.0. The molecule has 2 aromatic rings. The Morgan fingerprint density at radius 1 is 0.973 bits per heavy atom. The molecule has 1 aromatic carbocycles. The topological polar surface area (TPSA) is 97.0 Å². The van der Waals surface area contributed by atoms with E-state index in [2.05, 4.69) is 15.0 Å². The molecule has 2 aliphatic heterocycles. The van der Waals surface area contributed by atoms with Crippen molar-refractivity contribution in [2.45, 2.75) is 101 Å². The minimum Gasteiger partial charge on any atom is -0.481 e. The number of hydrogen-bond acceptors (Lipinski definition) is 6. The van der Waals surface area contributed by atoms with Gasteiger partial charge < -0.3 is 14.5 Å². The molecule has 6 atom stereocenters. The van der Waals surface area contributed by atoms with E-state index in [-0.39, 0.29) is 30.1 Å². The molecule has 8 nitrogen and oxygen atoms in total. The van der Waals surface area contributed by atoms with Crippen molar-refractivity contribution in [3.8, 4) is 0 Å². The van der Waals surface area contributed by atoms with Crippen LogP contribution in [0.25, 0.3) is 11.0 Å². The zero-order valence-electron chi connectivity index (χ0n) is 21.7. The summed E-state index contributed by atoms with van der Waals surface area (Å²) >= 11 is 0. The summed E-state index contributed by atoms with van der Waals surface area (Å²) in [7, 11) is 1.41. The Hall–Kier alpha value is -2.74. The highest BCUT2D eigenvalue weighted by atomic mass is 16.6. The lowest BCUT2D eigenvalue weighted by molar-refractivity contribution is -0.136. The smallest absolute Gasteiger partial charge is 0.303 e. The van der Waals surface area contributed by atoms with Crippen LogP contribution in [-0.4, -0.2) is 56.5 Å². The first-order valence-corrected chi connectivity index (χ1v) is 14.1. The highest BCUT2D eigenvalue weighted by molar-refractivity contribution is 6.00. The van der Waals surface area contributed by atoms with Gasteiger partial charge in [0.05, 0.1) is 17.5 Å². The number of benzene rings is 1. The lowest BCUT2D eigenvalue weighted by Gasteiger charge is -2.49. The van der Waals surface area contributed by atoms with E-state index in [1.807, 2.05) is 28.8 Å². The van der Waals surface area contributed by atoms with Crippen molar-refractivity contribution < 1.29 is 14.7 Å². The van der Waals surface area contributed by atoms with Crippen LogP contribution in [0.3, 0.4) is 0 Å². The summed E-state index contributed by atoms with van der Waals surface area (Å²) in [5.74, 6) is 0.877. The van der Waals surface area contributed by atoms with Gasteiger partial charge in [-0.05, 0) is 68.9 Å². The summed E-state index contributed by atoms with van der Waals surface area (Å²) in [5.41, 5.74) is 1.88. The number of aliphatic carboxylic acids is 1. The quantitative estimate of drug-likeness (QED) is 0.430. The summed E-state index contributed by atoms with van der Waals surface area (Å²) in [5, 5.41) is 13.3. The second-order valence-corrected chi connectivity index (χ2v) is 11.7. The van der Waals surface area contributed by atoms with E-state index in [1.165, 1.54) is 58.5 Å². The molecule has 198 valence electrons. The maximum Gasteiger partial charge on any atom is 0.303 e. The van der Waals surface area contributed by atoms with Gasteiger partial charge in [-0.1, -0.05) is 36.6 Å². The first kappa shape index (κ1) is 24.6. The molecule has 2 saturated heterocycles. The van der Waals surface area contributed by atoms with Crippen LogP contribution in [0.1, 0.15) is 88.8 Å². The molecule has 1 aromatic heterocycles. The number of piperidine rings is 1. The fraction of sp³-hybridized carbons (Fsp3) is 0.655. The summed E-state index contributed by atoms with van der Waals surface area (Å²) in [6.07, 6.45) is 12.7. The van der Waals surface area contributed by atoms with Gasteiger partial charge >= 0.3 is 5.97 Å². The highest BCUT2D eigenvalue weighted by Crippen LogP contribution is 2.48. The predicted molar refractivity (Wildman–Crippen MR) is 142 cm³/mol. The maximum absolute atomic E-state index is 14.0. The second kappa shape index (κ2) is 10.2. The molecule has 0 spiro atoms. The normalized spacial score (nSPS) is 32.0. The molecular formula is C29H38N4O4. The molecule has 8 heteroatoms. The van der Waals surface area contributed by atoms with Crippen molar-refractivity contribution >= 4 is 22.7 Å². The number of para-hydroxylation sites is 2. The van der Waals surface area contributed by atoms with E-state index in [1.54, 1.807) is 0 Å². The van der Waals surface area contributed by atoms with E-state index in [0.717, 1.165) is 35.7 Å². The number of nitrogens with zero attached hydrogens (tertiary/aromatic N) is 4. The van der Waals surface area contributed by atoms with E-state index in [4.69, 9.17) is 4.84 Å². The Labute approximate surface area is 217 Å². The molecule has 6 rings (SSSR count). The van der Waals surface area contributed by atoms with Gasteiger partial charge in [-0.3, -0.25) is 14.5 Å². The van der Waals surface area contributed by atoms with Gasteiger partial charge in [-0.2, -0.15) is 0 Å². The molecule has 3 heterocycles. The van der Waals surface area contributed by atoms with Crippen LogP contribution in [0.4, 0.5) is 0 Å². The third-order valence-corrected chi connectivity index (χ3v) is 9.50. The minimum atomic E-state index is -0.944. The van der Waals surface area contributed by atoms with Gasteiger partial charge in [0.2, 0.25) is 0 Å². The summed E-state index contributed by atoms with van der Waals surface area (Å²) < 4.78 is 1.95. The SMILES string of the molecule is CO/N=C(\CCC(=O)O)c1nc2ccccc2n([C@H]2C[C@H]3CC[C@@H](C2)N3[C@H]2C[C@@H]3CCC[C@@H](C3)C2)c1=O. The van der Waals surface area contributed by atoms with Gasteiger partial charge in [-0.15, -0.1) is 0 Å². The average Bonchev–Trinajstić information content (AvgIpc) is 3.15. The van der Waals surface area contributed by atoms with Crippen molar-refractivity contribution in [3.05, 3.63) is 40.3 Å². The number of oxime groups is 1. The average molecular weight is 507 g/mol. The van der Waals surface area contributed by atoms with Gasteiger partial charge in [0.15, 0.2) is 5.69 Å². The number of rotatable bonds is 7. The van der Waals surface area contributed by atoms with E-state index >= 15 is 0 Å². The number of aromatic nitrogens is 2. The first-order valence-electron chi connectivity index (χ1n) is 14.1. The van der Waals surface area contributed by atoms with Crippen LogP contribution in [0.15, 0.2) is 34.2 Å². The number of carbonyl (C=O) groups is 1. The van der Waals surface area contributed by atoms with E-state index in [0.29, 0.717) is 23.8 Å². The van der Waals surface area contributed by atoms with Crippen LogP contribution in [-0.2, 0) is 9.63 Å². The summed E-state index contributed by atoms with van der Waals surface area (Å²) in [6.45, 7) is 0. The first-order chi connectivity index (χ1) is 18.0. The number of hydrogen-bond donors (Lipinski definition) is 1. The molecule has 0 unspecified atom stereocenters. The second-order valence-electron chi connectivity index (χ2n) is 11.7. The van der Waals surface area contributed by atoms with Crippen LogP contribution in [0.5, 0.6) is 0 Å². The van der Waals surface area contributed by atoms with Gasteiger partial charge in [0.25, 0.3) is 5.56 Å². The van der Waals surface area contributed by atoms with Crippen molar-refractivity contribution in [2.24, 2.45) is 17.0 Å². The molecule has 4 bridgehead atoms. The lowest BCUT2D eigenvalue weighted by Crippen LogP contribution is -2.52. The predicted octanol–water partition coefficient (Wildman–Crippen LogP) is 4.75. The Morgan fingerprint density at radius 2 is 1.68 bits per heavy atom. The number of fused-ring (bicyclic) bond motifs is 5. The fourth-order valence-electron chi connectivity index (χ4n) is 8.18. The zero-order chi connectivity index (χ0) is 25.5. The van der Waals surface area contributed by atoms with Crippen molar-refractivity contribution in [1.29, 1.82) is 0 Å². The Balaban J connectivity index is 1.33. The molecule has 2 saturated carbocycles. The molecule has 4 aliphatic rings. The molecule has 0 amide bonds. The zero-order valence-corrected chi connectivity index (χ0v) is 21.7. The minimum absolute atomic E-state index is 0.0947. The van der Waals surface area contributed by atoms with Crippen LogP contribution >= 0.6 is 0 Å². The Kier molecular flexibility index (Phi) is 6.78. The van der Waals surface area contributed by atoms with Crippen molar-refractivity contribution in [1.82, 2.24) is 14.5 Å². The van der Waals surface area contributed by atoms with Crippen molar-refractivity contribution in [3.63, 3.8) is 0 Å². The van der Waals surface area contributed by atoms with Crippen LogP contribution in [0, 0.1) is 11.8 Å². The molecule has 4 fully saturated rings. The van der Waals surface area contributed by atoms with E-state index < -0.39 is 5.97 Å². The largest absolute Gasteiger partial charge is 0.481 e. The Bertz CT molecular complexity index is 1230. The standard InChI is InChI=1S/C29H38N4O4/c1-37-31-25(11-12-27(34)35)28-29(36)33(26-8-3-2-7-24(26)30-28)23-16-20-9-10-21(17-23)32(20)22-14-18-5-4-6-19(13-18)15-22/h2-3,7-8,18-23H,4-6,9-17H2,1H3,(H,34,35)/b31-25+/t18-,19+,20-,21+,22+,23+. The molecule has 2 aliphatic carbocycles. The highest BCUT2D eigenvalue weighted by Gasteiger charge is 2.47. The van der Waals surface area contributed by atoms with Gasteiger partial charge in [-0.25, -0.2) is 4.98 Å². The monoisotopic (exact) mass is 506 g/mol. The third kappa shape index (κ3) is 4.69. The van der Waals surface area contributed by atoms with E-state index in [9.17, 15) is 14.7 Å². The van der Waals surface area contributed by atoms with Crippen LogP contribution < -0.4 is 5.56 Å². The number of carboxylic acid groups (broad SMARTS) is 1. The fourth-order valence-corrected chi connectivity index (χ4v) is 8.18. The third-order valence-electron chi connectivity index (χ3n) is 9.50. The summed E-state index contributed by atoms with van der Waals surface area (Å²) in [4.78, 5) is 37.8. The number of carboxylic acids is 1. The molecule has 37 heavy (non-hydrogen) atoms. The molecule has 1 N–H and O–H groups in total. The Morgan fingerprint density at radius 3 is 2.35 bits per heavy atom. The molecule has 0 radical (unpaired) electrons. The van der Waals surface area contributed by atoms with Crippen molar-refractivity contribution in [2.75, 3.05) is 7.11 Å². The van der Waals surface area contributed by atoms with Crippen LogP contribution in [0.2, 0.25) is 0 Å². The lowest BCUT2D eigenvalue weighted by atomic mass is 9.69. The van der Waals surface area contributed by atoms with Gasteiger partial charge in [0, 0.05) is 30.6 Å². The molecular weight excluding hydrogens is 468 g/mol. The summed E-state index contributed by atoms with van der Waals surface area (Å²) in [6, 6.07) is 9.63. The van der Waals surface area contributed by atoms with Gasteiger partial charge in [0.1, 0.15) is 12.8 Å².